The number of aryl methyl sites for hydroxylation is 2. The van der Waals surface area contributed by atoms with Gasteiger partial charge in [0, 0.05) is 43.0 Å². The van der Waals surface area contributed by atoms with Crippen molar-refractivity contribution < 1.29 is 4.74 Å². The van der Waals surface area contributed by atoms with Crippen LogP contribution in [-0.2, 0) is 24.8 Å². The van der Waals surface area contributed by atoms with Gasteiger partial charge in [-0.05, 0) is 18.9 Å². The number of halogens is 1. The van der Waals surface area contributed by atoms with Crippen molar-refractivity contribution in [1.82, 2.24) is 25.4 Å². The topological polar surface area (TPSA) is 76.4 Å². The Kier molecular flexibility index (Phi) is 6.70. The van der Waals surface area contributed by atoms with Crippen molar-refractivity contribution in [3.63, 3.8) is 0 Å². The highest BCUT2D eigenvalue weighted by Crippen LogP contribution is 2.50. The summed E-state index contributed by atoms with van der Waals surface area (Å²) in [4.78, 5) is 9.06. The molecule has 0 bridgehead atoms. The van der Waals surface area contributed by atoms with Gasteiger partial charge in [-0.25, -0.2) is 9.67 Å². The molecule has 7 nitrogen and oxygen atoms in total. The van der Waals surface area contributed by atoms with Crippen LogP contribution in [0.25, 0.3) is 0 Å². The maximum Gasteiger partial charge on any atom is 0.191 e. The van der Waals surface area contributed by atoms with Gasteiger partial charge >= 0.3 is 0 Å². The molecule has 8 heteroatoms. The van der Waals surface area contributed by atoms with Gasteiger partial charge in [-0.1, -0.05) is 32.0 Å². The molecule has 1 saturated carbocycles. The zero-order valence-electron chi connectivity index (χ0n) is 17.6. The fourth-order valence-corrected chi connectivity index (χ4v) is 4.15. The quantitative estimate of drug-likeness (QED) is 0.368. The summed E-state index contributed by atoms with van der Waals surface area (Å²) in [6.07, 6.45) is 3.93. The van der Waals surface area contributed by atoms with E-state index in [1.165, 1.54) is 5.56 Å². The lowest BCUT2D eigenvalue weighted by molar-refractivity contribution is 0.391. The zero-order valence-corrected chi connectivity index (χ0v) is 19.9. The number of rotatable bonds is 5. The number of hydrogen-bond acceptors (Lipinski definition) is 4. The molecular formula is C21H31IN6O. The molecule has 3 atom stereocenters. The van der Waals surface area contributed by atoms with E-state index in [1.807, 2.05) is 23.9 Å². The number of methoxy groups -OCH3 is 1. The molecule has 4 rings (SSSR count). The first-order valence-corrected chi connectivity index (χ1v) is 10.1. The van der Waals surface area contributed by atoms with Gasteiger partial charge in [-0.15, -0.1) is 24.0 Å². The van der Waals surface area contributed by atoms with Gasteiger partial charge in [-0.2, -0.15) is 5.10 Å². The number of para-hydroxylation sites is 1. The average molecular weight is 510 g/mol. The zero-order chi connectivity index (χ0) is 19.7. The number of nitrogens with zero attached hydrogens (tertiary/aromatic N) is 4. The SMILES string of the molecule is CCc1nc2n(n1)CC(NC(=NC)NC1CC1(C)c1ccccc1OC)CC2.I. The van der Waals surface area contributed by atoms with Crippen LogP contribution in [0, 0.1) is 0 Å². The third-order valence-corrected chi connectivity index (χ3v) is 6.05. The summed E-state index contributed by atoms with van der Waals surface area (Å²) in [5.74, 6) is 3.84. The highest BCUT2D eigenvalue weighted by atomic mass is 127. The maximum absolute atomic E-state index is 5.57. The number of guanidine groups is 1. The number of ether oxygens (including phenoxy) is 1. The molecule has 0 amide bonds. The average Bonchev–Trinajstić information content (AvgIpc) is 3.19. The van der Waals surface area contributed by atoms with E-state index in [1.54, 1.807) is 7.11 Å². The van der Waals surface area contributed by atoms with Crippen LogP contribution in [0.1, 0.15) is 43.9 Å². The first kappa shape index (κ1) is 21.9. The van der Waals surface area contributed by atoms with Gasteiger partial charge < -0.3 is 15.4 Å². The largest absolute Gasteiger partial charge is 0.496 e. The van der Waals surface area contributed by atoms with E-state index in [4.69, 9.17) is 4.74 Å². The Labute approximate surface area is 189 Å². The van der Waals surface area contributed by atoms with Crippen molar-refractivity contribution in [1.29, 1.82) is 0 Å². The predicted octanol–water partition coefficient (Wildman–Crippen LogP) is 2.68. The number of aromatic nitrogens is 3. The van der Waals surface area contributed by atoms with Crippen LogP contribution < -0.4 is 15.4 Å². The molecule has 3 unspecified atom stereocenters. The van der Waals surface area contributed by atoms with Crippen LogP contribution in [0.15, 0.2) is 29.3 Å². The predicted molar refractivity (Wildman–Crippen MR) is 125 cm³/mol. The molecule has 29 heavy (non-hydrogen) atoms. The first-order valence-electron chi connectivity index (χ1n) is 10.1. The second kappa shape index (κ2) is 8.89. The van der Waals surface area contributed by atoms with E-state index >= 15 is 0 Å². The summed E-state index contributed by atoms with van der Waals surface area (Å²) in [6.45, 7) is 5.21. The Hall–Kier alpha value is -1.84. The van der Waals surface area contributed by atoms with E-state index in [9.17, 15) is 0 Å². The Morgan fingerprint density at radius 3 is 2.86 bits per heavy atom. The van der Waals surface area contributed by atoms with Crippen LogP contribution in [0.5, 0.6) is 5.75 Å². The lowest BCUT2D eigenvalue weighted by atomic mass is 9.96. The summed E-state index contributed by atoms with van der Waals surface area (Å²) in [5, 5.41) is 11.8. The second-order valence-electron chi connectivity index (χ2n) is 7.95. The van der Waals surface area contributed by atoms with Crippen molar-refractivity contribution in [2.45, 2.75) is 63.6 Å². The summed E-state index contributed by atoms with van der Waals surface area (Å²) < 4.78 is 7.61. The Morgan fingerprint density at radius 1 is 1.34 bits per heavy atom. The van der Waals surface area contributed by atoms with Crippen LogP contribution in [0.4, 0.5) is 0 Å². The normalized spacial score (nSPS) is 25.6. The fraction of sp³-hybridized carbons (Fsp3) is 0.571. The minimum absolute atomic E-state index is 0. The van der Waals surface area contributed by atoms with E-state index in [0.717, 1.165) is 55.6 Å². The number of aliphatic imine (C=N–C) groups is 1. The summed E-state index contributed by atoms with van der Waals surface area (Å²) in [6, 6.07) is 8.94. The van der Waals surface area contributed by atoms with Crippen LogP contribution in [0.3, 0.4) is 0 Å². The third kappa shape index (κ3) is 4.36. The van der Waals surface area contributed by atoms with Crippen LogP contribution in [0.2, 0.25) is 0 Å². The van der Waals surface area contributed by atoms with Gasteiger partial charge in [-0.3, -0.25) is 4.99 Å². The van der Waals surface area contributed by atoms with Crippen LogP contribution in [-0.4, -0.2) is 47.0 Å². The molecule has 2 aliphatic rings. The molecule has 2 N–H and O–H groups in total. The van der Waals surface area contributed by atoms with E-state index in [-0.39, 0.29) is 29.4 Å². The Balaban J connectivity index is 0.00000240. The minimum atomic E-state index is 0. The van der Waals surface area contributed by atoms with Crippen molar-refractivity contribution in [3.05, 3.63) is 41.5 Å². The van der Waals surface area contributed by atoms with Crippen molar-refractivity contribution in [3.8, 4) is 5.75 Å². The molecule has 1 aliphatic heterocycles. The molecule has 1 fully saturated rings. The van der Waals surface area contributed by atoms with Gasteiger partial charge in [0.15, 0.2) is 11.8 Å². The highest BCUT2D eigenvalue weighted by Gasteiger charge is 2.53. The molecule has 0 radical (unpaired) electrons. The van der Waals surface area contributed by atoms with Gasteiger partial charge in [0.2, 0.25) is 0 Å². The van der Waals surface area contributed by atoms with E-state index < -0.39 is 0 Å². The molecule has 2 heterocycles. The minimum Gasteiger partial charge on any atom is -0.496 e. The van der Waals surface area contributed by atoms with Crippen molar-refractivity contribution in [2.75, 3.05) is 14.2 Å². The number of benzene rings is 1. The number of nitrogens with one attached hydrogen (secondary N) is 2. The smallest absolute Gasteiger partial charge is 0.191 e. The molecule has 158 valence electrons. The summed E-state index contributed by atoms with van der Waals surface area (Å²) >= 11 is 0. The molecule has 0 spiro atoms. The molecular weight excluding hydrogens is 479 g/mol. The Morgan fingerprint density at radius 2 is 2.14 bits per heavy atom. The molecule has 1 aromatic heterocycles. The fourth-order valence-electron chi connectivity index (χ4n) is 4.15. The van der Waals surface area contributed by atoms with Crippen molar-refractivity contribution >= 4 is 29.9 Å². The van der Waals surface area contributed by atoms with Crippen molar-refractivity contribution in [2.24, 2.45) is 4.99 Å². The van der Waals surface area contributed by atoms with Gasteiger partial charge in [0.25, 0.3) is 0 Å². The summed E-state index contributed by atoms with van der Waals surface area (Å²) in [5.41, 5.74) is 1.31. The molecule has 1 aliphatic carbocycles. The maximum atomic E-state index is 5.57. The second-order valence-corrected chi connectivity index (χ2v) is 7.95. The van der Waals surface area contributed by atoms with Gasteiger partial charge in [0.1, 0.15) is 11.6 Å². The summed E-state index contributed by atoms with van der Waals surface area (Å²) in [7, 11) is 3.57. The standard InChI is InChI=1S/C21H30N6O.HI/c1-5-18-25-19-11-10-14(13-27(19)26-18)23-20(22-3)24-17-12-21(17,2)15-8-6-7-9-16(15)28-4;/h6-9,14,17H,5,10-13H2,1-4H3,(H2,22,23,24);1H. The molecule has 2 aromatic rings. The van der Waals surface area contributed by atoms with Crippen LogP contribution >= 0.6 is 24.0 Å². The lowest BCUT2D eigenvalue weighted by Crippen LogP contribution is -2.48. The monoisotopic (exact) mass is 510 g/mol. The molecule has 0 saturated heterocycles. The number of fused-ring (bicyclic) bond motifs is 1. The van der Waals surface area contributed by atoms with Gasteiger partial charge in [0.05, 0.1) is 13.7 Å². The van der Waals surface area contributed by atoms with E-state index in [0.29, 0.717) is 12.1 Å². The lowest BCUT2D eigenvalue weighted by Gasteiger charge is -2.26. The highest BCUT2D eigenvalue weighted by molar-refractivity contribution is 14.0. The molecule has 1 aromatic carbocycles. The van der Waals surface area contributed by atoms with E-state index in [2.05, 4.69) is 51.7 Å². The first-order chi connectivity index (χ1) is 13.6. The number of hydrogen-bond donors (Lipinski definition) is 2. The third-order valence-electron chi connectivity index (χ3n) is 6.05. The Bertz CT molecular complexity index is 882.